The Balaban J connectivity index is 4.45. The normalized spacial score (nSPS) is 21.0. The number of halogens is 6. The average Bonchev–Trinajstić information content (AvgIpc) is 1.83. The number of alkyl halides is 6. The molecule has 0 aliphatic heterocycles. The Morgan fingerprint density at radius 2 is 1.55 bits per heavy atom. The van der Waals surface area contributed by atoms with Gasteiger partial charge in [-0.15, -0.1) is 0 Å². The van der Waals surface area contributed by atoms with Gasteiger partial charge in [-0.25, -0.2) is 8.78 Å². The van der Waals surface area contributed by atoms with Crippen LogP contribution in [0.2, 0.25) is 0 Å². The number of hydrogen-bond donors (Lipinski definition) is 1. The van der Waals surface area contributed by atoms with E-state index in [1.807, 2.05) is 0 Å². The van der Waals surface area contributed by atoms with Crippen molar-refractivity contribution < 1.29 is 31.4 Å². The van der Waals surface area contributed by atoms with E-state index in [9.17, 15) is 26.3 Å². The molecule has 0 aliphatic rings. The third-order valence-electron chi connectivity index (χ3n) is 0.948. The third kappa shape index (κ3) is 1.98. The van der Waals surface area contributed by atoms with Crippen molar-refractivity contribution >= 4 is 0 Å². The second-order valence-electron chi connectivity index (χ2n) is 1.79. The topological polar surface area (TPSA) is 20.2 Å². The van der Waals surface area contributed by atoms with Crippen LogP contribution in [0.5, 0.6) is 0 Å². The molecule has 0 aliphatic carbocycles. The highest BCUT2D eigenvalue weighted by Gasteiger charge is 2.61. The summed E-state index contributed by atoms with van der Waals surface area (Å²) < 4.78 is 68.3. The smallest absolute Gasteiger partial charge is 0.353 e. The summed E-state index contributed by atoms with van der Waals surface area (Å²) in [5, 5.41) is 7.71. The Morgan fingerprint density at radius 1 is 1.18 bits per heavy atom. The molecule has 2 atom stereocenters. The van der Waals surface area contributed by atoms with Crippen molar-refractivity contribution in [3.63, 3.8) is 0 Å². The maximum atomic E-state index is 11.8. The summed E-state index contributed by atoms with van der Waals surface area (Å²) in [6.07, 6.45) is -9.40. The van der Waals surface area contributed by atoms with Gasteiger partial charge in [-0.05, 0) is 0 Å². The predicted molar refractivity (Wildman–Crippen MR) is 23.0 cm³/mol. The predicted octanol–water partition coefficient (Wildman–Crippen LogP) is 1.51. The summed E-state index contributed by atoms with van der Waals surface area (Å²) in [7, 11) is 0. The number of aliphatic hydroxyl groups is 1. The van der Waals surface area contributed by atoms with Gasteiger partial charge in [0.1, 0.15) is 6.67 Å². The molecule has 68 valence electrons. The monoisotopic (exact) mass is 182 g/mol. The third-order valence-corrected chi connectivity index (χ3v) is 0.948. The van der Waals surface area contributed by atoms with Gasteiger partial charge in [-0.1, -0.05) is 0 Å². The molecule has 0 aromatic rings. The maximum absolute atomic E-state index is 11.8. The minimum atomic E-state index is -5.81. The van der Waals surface area contributed by atoms with Crippen LogP contribution in [0.25, 0.3) is 0 Å². The van der Waals surface area contributed by atoms with Crippen LogP contribution in [0.4, 0.5) is 26.3 Å². The first-order valence-corrected chi connectivity index (χ1v) is 2.41. The molecule has 0 saturated carbocycles. The Morgan fingerprint density at radius 3 is 1.64 bits per heavy atom. The molecule has 0 saturated heterocycles. The van der Waals surface area contributed by atoms with Crippen molar-refractivity contribution in [2.45, 2.75) is 18.2 Å². The fraction of sp³-hybridized carbons (Fsp3) is 1.00. The lowest BCUT2D eigenvalue weighted by molar-refractivity contribution is -0.337. The quantitative estimate of drug-likeness (QED) is 0.642. The second kappa shape index (κ2) is 2.88. The summed E-state index contributed by atoms with van der Waals surface area (Å²) in [5.74, 6) is -5.10. The van der Waals surface area contributed by atoms with E-state index < -0.39 is 24.9 Å². The van der Waals surface area contributed by atoms with Crippen molar-refractivity contribution in [1.29, 1.82) is 0 Å². The zero-order valence-electron chi connectivity index (χ0n) is 5.00. The van der Waals surface area contributed by atoms with Crippen LogP contribution in [0.1, 0.15) is 0 Å². The Labute approximate surface area is 57.6 Å². The van der Waals surface area contributed by atoms with Gasteiger partial charge in [0.25, 0.3) is 0 Å². The van der Waals surface area contributed by atoms with Crippen LogP contribution in [0.15, 0.2) is 0 Å². The largest absolute Gasteiger partial charge is 0.451 e. The molecule has 0 rings (SSSR count). The Hall–Kier alpha value is -0.460. The van der Waals surface area contributed by atoms with Crippen LogP contribution in [-0.4, -0.2) is 30.0 Å². The van der Waals surface area contributed by atoms with E-state index in [1.54, 1.807) is 0 Å². The SMILES string of the molecule is OC(F)(C(F)CF)C(F)(F)F. The Bertz CT molecular complexity index is 129. The van der Waals surface area contributed by atoms with E-state index in [-0.39, 0.29) is 0 Å². The van der Waals surface area contributed by atoms with Gasteiger partial charge in [0.15, 0.2) is 6.17 Å². The van der Waals surface area contributed by atoms with Crippen molar-refractivity contribution in [2.24, 2.45) is 0 Å². The lowest BCUT2D eigenvalue weighted by Gasteiger charge is -2.23. The molecule has 11 heavy (non-hydrogen) atoms. The van der Waals surface area contributed by atoms with Gasteiger partial charge >= 0.3 is 12.0 Å². The second-order valence-corrected chi connectivity index (χ2v) is 1.79. The summed E-state index contributed by atoms with van der Waals surface area (Å²) in [4.78, 5) is 0. The maximum Gasteiger partial charge on any atom is 0.451 e. The zero-order valence-corrected chi connectivity index (χ0v) is 5.00. The Kier molecular flexibility index (Phi) is 2.76. The van der Waals surface area contributed by atoms with Crippen molar-refractivity contribution in [2.75, 3.05) is 6.67 Å². The molecule has 0 amide bonds. The highest BCUT2D eigenvalue weighted by atomic mass is 19.4. The number of rotatable bonds is 2. The van der Waals surface area contributed by atoms with Crippen LogP contribution in [0.3, 0.4) is 0 Å². The summed E-state index contributed by atoms with van der Waals surface area (Å²) >= 11 is 0. The molecular weight excluding hydrogens is 178 g/mol. The average molecular weight is 182 g/mol. The highest BCUT2D eigenvalue weighted by molar-refractivity contribution is 4.83. The summed E-state index contributed by atoms with van der Waals surface area (Å²) in [6, 6.07) is 0. The van der Waals surface area contributed by atoms with E-state index in [1.165, 1.54) is 0 Å². The molecule has 0 fully saturated rings. The molecule has 2 unspecified atom stereocenters. The highest BCUT2D eigenvalue weighted by Crippen LogP contribution is 2.35. The molecule has 0 aromatic carbocycles. The molecule has 0 radical (unpaired) electrons. The number of hydrogen-bond acceptors (Lipinski definition) is 1. The van der Waals surface area contributed by atoms with Gasteiger partial charge in [-0.3, -0.25) is 0 Å². The van der Waals surface area contributed by atoms with Gasteiger partial charge < -0.3 is 5.11 Å². The van der Waals surface area contributed by atoms with E-state index in [0.29, 0.717) is 0 Å². The fourth-order valence-corrected chi connectivity index (χ4v) is 0.280. The van der Waals surface area contributed by atoms with E-state index in [2.05, 4.69) is 0 Å². The molecular formula is C4H4F6O. The molecule has 7 heteroatoms. The first-order chi connectivity index (χ1) is 4.73. The van der Waals surface area contributed by atoms with Gasteiger partial charge in [-0.2, -0.15) is 17.6 Å². The molecule has 0 aromatic heterocycles. The van der Waals surface area contributed by atoms with E-state index in [0.717, 1.165) is 0 Å². The summed E-state index contributed by atoms with van der Waals surface area (Å²) in [5.41, 5.74) is 0. The minimum Gasteiger partial charge on any atom is -0.353 e. The molecule has 1 nitrogen and oxygen atoms in total. The van der Waals surface area contributed by atoms with Crippen molar-refractivity contribution in [1.82, 2.24) is 0 Å². The van der Waals surface area contributed by atoms with Crippen molar-refractivity contribution in [3.8, 4) is 0 Å². The zero-order chi connectivity index (χ0) is 9.28. The molecule has 0 heterocycles. The molecule has 1 N–H and O–H groups in total. The van der Waals surface area contributed by atoms with E-state index >= 15 is 0 Å². The minimum absolute atomic E-state index is 2.23. The molecule has 0 spiro atoms. The van der Waals surface area contributed by atoms with Crippen LogP contribution in [-0.2, 0) is 0 Å². The van der Waals surface area contributed by atoms with Gasteiger partial charge in [0.05, 0.1) is 0 Å². The van der Waals surface area contributed by atoms with E-state index in [4.69, 9.17) is 5.11 Å². The van der Waals surface area contributed by atoms with Crippen LogP contribution >= 0.6 is 0 Å². The van der Waals surface area contributed by atoms with Crippen molar-refractivity contribution in [3.05, 3.63) is 0 Å². The van der Waals surface area contributed by atoms with Crippen LogP contribution in [0, 0.1) is 0 Å². The van der Waals surface area contributed by atoms with Crippen LogP contribution < -0.4 is 0 Å². The fourth-order valence-electron chi connectivity index (χ4n) is 0.280. The lowest BCUT2D eigenvalue weighted by Crippen LogP contribution is -2.49. The van der Waals surface area contributed by atoms with Gasteiger partial charge in [0.2, 0.25) is 0 Å². The standard InChI is InChI=1S/C4H4F6O/c5-1-2(6)3(7,11)4(8,9)10/h2,11H,1H2. The first kappa shape index (κ1) is 10.5. The first-order valence-electron chi connectivity index (χ1n) is 2.41. The lowest BCUT2D eigenvalue weighted by atomic mass is 10.2. The summed E-state index contributed by atoms with van der Waals surface area (Å²) in [6.45, 7) is -2.23. The van der Waals surface area contributed by atoms with Gasteiger partial charge in [0, 0.05) is 0 Å². The molecule has 0 bridgehead atoms.